The van der Waals surface area contributed by atoms with E-state index in [9.17, 15) is 10.1 Å². The van der Waals surface area contributed by atoms with Gasteiger partial charge in [-0.1, -0.05) is 64.6 Å². The molecule has 0 unspecified atom stereocenters. The van der Waals surface area contributed by atoms with Crippen LogP contribution in [0.2, 0.25) is 20.1 Å². The molecule has 0 fully saturated rings. The number of benzene rings is 3. The van der Waals surface area contributed by atoms with Gasteiger partial charge in [0.25, 0.3) is 5.91 Å². The molecule has 3 aromatic rings. The predicted molar refractivity (Wildman–Crippen MR) is 137 cm³/mol. The fourth-order valence-corrected chi connectivity index (χ4v) is 3.71. The predicted octanol–water partition coefficient (Wildman–Crippen LogP) is 7.82. The van der Waals surface area contributed by atoms with Gasteiger partial charge in [0.1, 0.15) is 18.2 Å². The van der Waals surface area contributed by atoms with Gasteiger partial charge in [0.2, 0.25) is 0 Å². The number of hydrogen-bond donors (Lipinski definition) is 1. The van der Waals surface area contributed by atoms with Crippen molar-refractivity contribution >= 4 is 64.1 Å². The largest absolute Gasteiger partial charge is 0.490 e. The molecule has 0 aliphatic carbocycles. The molecule has 0 heterocycles. The van der Waals surface area contributed by atoms with Crippen LogP contribution in [0.15, 0.2) is 60.2 Å². The van der Waals surface area contributed by atoms with Crippen molar-refractivity contribution in [2.45, 2.75) is 13.5 Å². The fourth-order valence-electron chi connectivity index (χ4n) is 2.90. The normalized spacial score (nSPS) is 11.0. The van der Waals surface area contributed by atoms with Crippen LogP contribution >= 0.6 is 46.4 Å². The van der Waals surface area contributed by atoms with Crippen LogP contribution in [0.25, 0.3) is 6.08 Å². The number of carbonyl (C=O) groups is 1. The quantitative estimate of drug-likeness (QED) is 0.235. The second-order valence-corrected chi connectivity index (χ2v) is 8.52. The molecule has 0 spiro atoms. The van der Waals surface area contributed by atoms with E-state index in [0.717, 1.165) is 5.56 Å². The molecule has 0 atom stereocenters. The molecule has 174 valence electrons. The number of carbonyl (C=O) groups excluding carboxylic acids is 1. The topological polar surface area (TPSA) is 71.3 Å². The second-order valence-electron chi connectivity index (χ2n) is 6.89. The summed E-state index contributed by atoms with van der Waals surface area (Å²) in [6.07, 6.45) is 1.44. The minimum Gasteiger partial charge on any atom is -0.490 e. The maximum Gasteiger partial charge on any atom is 0.266 e. The van der Waals surface area contributed by atoms with Gasteiger partial charge >= 0.3 is 0 Å². The van der Waals surface area contributed by atoms with Crippen LogP contribution in [0.3, 0.4) is 0 Å². The van der Waals surface area contributed by atoms with Crippen molar-refractivity contribution in [3.63, 3.8) is 0 Å². The molecule has 0 aliphatic rings. The van der Waals surface area contributed by atoms with Crippen LogP contribution in [0, 0.1) is 11.3 Å². The van der Waals surface area contributed by atoms with E-state index in [0.29, 0.717) is 44.4 Å². The van der Waals surface area contributed by atoms with Crippen LogP contribution in [-0.4, -0.2) is 12.5 Å². The van der Waals surface area contributed by atoms with Gasteiger partial charge in [0.05, 0.1) is 22.3 Å². The summed E-state index contributed by atoms with van der Waals surface area (Å²) in [5.41, 5.74) is 1.52. The SMILES string of the molecule is CCOc1cc(/C=C(/C#N)C(=O)Nc2cccc(Cl)c2Cl)ccc1OCc1ccc(Cl)cc1Cl. The zero-order valence-corrected chi connectivity index (χ0v) is 20.9. The van der Waals surface area contributed by atoms with Crippen molar-refractivity contribution in [1.29, 1.82) is 5.26 Å². The van der Waals surface area contributed by atoms with E-state index >= 15 is 0 Å². The summed E-state index contributed by atoms with van der Waals surface area (Å²) in [5, 5.41) is 13.6. The lowest BCUT2D eigenvalue weighted by molar-refractivity contribution is -0.112. The number of amides is 1. The summed E-state index contributed by atoms with van der Waals surface area (Å²) in [5.74, 6) is 0.318. The summed E-state index contributed by atoms with van der Waals surface area (Å²) in [4.78, 5) is 12.6. The third-order valence-corrected chi connectivity index (χ3v) is 5.95. The third-order valence-electron chi connectivity index (χ3n) is 4.54. The smallest absolute Gasteiger partial charge is 0.266 e. The number of nitriles is 1. The van der Waals surface area contributed by atoms with Crippen molar-refractivity contribution in [3.05, 3.63) is 91.4 Å². The molecular formula is C25H18Cl4N2O3. The Hall–Kier alpha value is -2.88. The minimum absolute atomic E-state index is 0.125. The Morgan fingerprint density at radius 3 is 2.50 bits per heavy atom. The van der Waals surface area contributed by atoms with Crippen LogP contribution in [0.5, 0.6) is 11.5 Å². The molecule has 1 N–H and O–H groups in total. The highest BCUT2D eigenvalue weighted by atomic mass is 35.5. The highest BCUT2D eigenvalue weighted by Gasteiger charge is 2.14. The summed E-state index contributed by atoms with van der Waals surface area (Å²) in [6, 6.07) is 17.0. The van der Waals surface area contributed by atoms with E-state index in [2.05, 4.69) is 5.32 Å². The number of nitrogens with zero attached hydrogens (tertiary/aromatic N) is 1. The maximum atomic E-state index is 12.6. The Morgan fingerprint density at radius 1 is 1.00 bits per heavy atom. The lowest BCUT2D eigenvalue weighted by Gasteiger charge is -2.13. The molecule has 0 saturated heterocycles. The van der Waals surface area contributed by atoms with E-state index in [4.69, 9.17) is 55.9 Å². The molecule has 0 aromatic heterocycles. The number of ether oxygens (including phenoxy) is 2. The van der Waals surface area contributed by atoms with Crippen molar-refractivity contribution in [2.24, 2.45) is 0 Å². The standard InChI is InChI=1S/C25H18Cl4N2O3/c1-2-33-23-11-15(6-9-22(23)34-14-16-7-8-18(26)12-20(16)28)10-17(13-30)25(32)31-21-5-3-4-19(27)24(21)29/h3-12H,2,14H2,1H3,(H,31,32)/b17-10-. The maximum absolute atomic E-state index is 12.6. The Bertz CT molecular complexity index is 1290. The van der Waals surface area contributed by atoms with Gasteiger partial charge in [-0.25, -0.2) is 0 Å². The van der Waals surface area contributed by atoms with Crippen LogP contribution in [0.1, 0.15) is 18.1 Å². The monoisotopic (exact) mass is 534 g/mol. The van der Waals surface area contributed by atoms with Crippen LogP contribution in [-0.2, 0) is 11.4 Å². The van der Waals surface area contributed by atoms with Crippen molar-refractivity contribution in [3.8, 4) is 17.6 Å². The van der Waals surface area contributed by atoms with E-state index in [-0.39, 0.29) is 17.2 Å². The van der Waals surface area contributed by atoms with Gasteiger partial charge < -0.3 is 14.8 Å². The van der Waals surface area contributed by atoms with Gasteiger partial charge in [-0.2, -0.15) is 5.26 Å². The summed E-state index contributed by atoms with van der Waals surface area (Å²) >= 11 is 24.2. The molecule has 0 radical (unpaired) electrons. The van der Waals surface area contributed by atoms with Gasteiger partial charge in [-0.05, 0) is 55.0 Å². The zero-order valence-electron chi connectivity index (χ0n) is 17.9. The van der Waals surface area contributed by atoms with Crippen LogP contribution in [0.4, 0.5) is 5.69 Å². The van der Waals surface area contributed by atoms with E-state index in [1.807, 2.05) is 13.0 Å². The highest BCUT2D eigenvalue weighted by molar-refractivity contribution is 6.44. The van der Waals surface area contributed by atoms with Gasteiger partial charge in [0.15, 0.2) is 11.5 Å². The van der Waals surface area contributed by atoms with Crippen LogP contribution < -0.4 is 14.8 Å². The second kappa shape index (κ2) is 12.0. The van der Waals surface area contributed by atoms with E-state index < -0.39 is 5.91 Å². The molecule has 5 nitrogen and oxygen atoms in total. The average Bonchev–Trinajstić information content (AvgIpc) is 2.81. The first-order chi connectivity index (χ1) is 16.3. The van der Waals surface area contributed by atoms with Gasteiger partial charge in [-0.15, -0.1) is 0 Å². The van der Waals surface area contributed by atoms with Gasteiger partial charge in [0, 0.05) is 15.6 Å². The summed E-state index contributed by atoms with van der Waals surface area (Å²) in [6.45, 7) is 2.44. The number of hydrogen-bond acceptors (Lipinski definition) is 4. The summed E-state index contributed by atoms with van der Waals surface area (Å²) in [7, 11) is 0. The Labute approximate surface area is 217 Å². The Kier molecular flexibility index (Phi) is 9.09. The first kappa shape index (κ1) is 25.7. The first-order valence-corrected chi connectivity index (χ1v) is 11.5. The lowest BCUT2D eigenvalue weighted by atomic mass is 10.1. The van der Waals surface area contributed by atoms with Crippen molar-refractivity contribution < 1.29 is 14.3 Å². The molecular weight excluding hydrogens is 518 g/mol. The number of rotatable bonds is 8. The zero-order chi connectivity index (χ0) is 24.7. The van der Waals surface area contributed by atoms with Crippen molar-refractivity contribution in [2.75, 3.05) is 11.9 Å². The molecule has 3 aromatic carbocycles. The fraction of sp³-hybridized carbons (Fsp3) is 0.120. The lowest BCUT2D eigenvalue weighted by Crippen LogP contribution is -2.13. The van der Waals surface area contributed by atoms with Crippen molar-refractivity contribution in [1.82, 2.24) is 0 Å². The number of halogens is 4. The molecule has 34 heavy (non-hydrogen) atoms. The molecule has 0 saturated carbocycles. The highest BCUT2D eigenvalue weighted by Crippen LogP contribution is 2.32. The molecule has 3 rings (SSSR count). The molecule has 1 amide bonds. The first-order valence-electron chi connectivity index (χ1n) is 10.0. The Morgan fingerprint density at radius 2 is 1.79 bits per heavy atom. The molecule has 0 bridgehead atoms. The number of nitrogens with one attached hydrogen (secondary N) is 1. The van der Waals surface area contributed by atoms with E-state index in [1.165, 1.54) is 6.08 Å². The molecule has 9 heteroatoms. The summed E-state index contributed by atoms with van der Waals surface area (Å²) < 4.78 is 11.6. The molecule has 0 aliphatic heterocycles. The van der Waals surface area contributed by atoms with Gasteiger partial charge in [-0.3, -0.25) is 4.79 Å². The number of anilines is 1. The third kappa shape index (κ3) is 6.59. The Balaban J connectivity index is 1.81. The average molecular weight is 536 g/mol. The van der Waals surface area contributed by atoms with E-state index in [1.54, 1.807) is 54.6 Å². The minimum atomic E-state index is -0.623.